The second kappa shape index (κ2) is 8.40. The zero-order chi connectivity index (χ0) is 16.7. The number of hydrogen-bond acceptors (Lipinski definition) is 3. The molecule has 0 fully saturated rings. The Balaban J connectivity index is 2.07. The molecule has 4 heteroatoms. The molecule has 0 heterocycles. The van der Waals surface area contributed by atoms with Gasteiger partial charge in [0.05, 0.1) is 18.2 Å². The van der Waals surface area contributed by atoms with Crippen LogP contribution in [0.25, 0.3) is 0 Å². The number of thioether (sulfide) groups is 1. The van der Waals surface area contributed by atoms with Crippen LogP contribution in [0.5, 0.6) is 0 Å². The standard InChI is InChI=1S/C19H20N2OS/c1-15-9-10-18(16(2)13-15)23-14-19(22)21(12-6-11-20)17-7-4-3-5-8-17/h3-5,7-10,13H,6,12,14H2,1-2H3. The van der Waals surface area contributed by atoms with Crippen molar-refractivity contribution in [2.24, 2.45) is 0 Å². The second-order valence-corrected chi connectivity index (χ2v) is 6.36. The average molecular weight is 324 g/mol. The van der Waals surface area contributed by atoms with Crippen LogP contribution in [0.3, 0.4) is 0 Å². The largest absolute Gasteiger partial charge is 0.311 e. The minimum Gasteiger partial charge on any atom is -0.311 e. The van der Waals surface area contributed by atoms with E-state index in [0.29, 0.717) is 18.7 Å². The lowest BCUT2D eigenvalue weighted by atomic mass is 10.2. The van der Waals surface area contributed by atoms with Gasteiger partial charge >= 0.3 is 0 Å². The highest BCUT2D eigenvalue weighted by atomic mass is 32.2. The van der Waals surface area contributed by atoms with Gasteiger partial charge in [0, 0.05) is 17.1 Å². The number of nitriles is 1. The lowest BCUT2D eigenvalue weighted by Crippen LogP contribution is -2.33. The highest BCUT2D eigenvalue weighted by Crippen LogP contribution is 2.24. The molecule has 0 spiro atoms. The molecule has 3 nitrogen and oxygen atoms in total. The topological polar surface area (TPSA) is 44.1 Å². The third kappa shape index (κ3) is 4.87. The van der Waals surface area contributed by atoms with E-state index >= 15 is 0 Å². The van der Waals surface area contributed by atoms with E-state index < -0.39 is 0 Å². The first-order valence-corrected chi connectivity index (χ1v) is 8.53. The lowest BCUT2D eigenvalue weighted by molar-refractivity contribution is -0.116. The molecule has 0 aromatic heterocycles. The number of hydrogen-bond donors (Lipinski definition) is 0. The van der Waals surface area contributed by atoms with Crippen LogP contribution in [0.15, 0.2) is 53.4 Å². The van der Waals surface area contributed by atoms with Crippen LogP contribution in [0.2, 0.25) is 0 Å². The number of aryl methyl sites for hydroxylation is 2. The van der Waals surface area contributed by atoms with Gasteiger partial charge in [-0.05, 0) is 37.6 Å². The number of para-hydroxylation sites is 1. The van der Waals surface area contributed by atoms with Crippen LogP contribution < -0.4 is 4.90 Å². The Kier molecular flexibility index (Phi) is 6.25. The van der Waals surface area contributed by atoms with E-state index in [1.165, 1.54) is 11.1 Å². The molecule has 0 saturated heterocycles. The van der Waals surface area contributed by atoms with E-state index in [1.807, 2.05) is 30.3 Å². The predicted molar refractivity (Wildman–Crippen MR) is 95.7 cm³/mol. The van der Waals surface area contributed by atoms with Crippen molar-refractivity contribution in [2.45, 2.75) is 25.2 Å². The number of carbonyl (C=O) groups excluding carboxylic acids is 1. The molecule has 2 aromatic rings. The van der Waals surface area contributed by atoms with E-state index in [1.54, 1.807) is 16.7 Å². The summed E-state index contributed by atoms with van der Waals surface area (Å²) in [4.78, 5) is 15.4. The van der Waals surface area contributed by atoms with E-state index in [0.717, 1.165) is 10.6 Å². The number of carbonyl (C=O) groups is 1. The molecule has 118 valence electrons. The first-order chi connectivity index (χ1) is 11.1. The summed E-state index contributed by atoms with van der Waals surface area (Å²) in [6.07, 6.45) is 0.328. The van der Waals surface area contributed by atoms with Crippen molar-refractivity contribution in [1.82, 2.24) is 0 Å². The highest BCUT2D eigenvalue weighted by molar-refractivity contribution is 8.00. The molecule has 0 bridgehead atoms. The smallest absolute Gasteiger partial charge is 0.237 e. The van der Waals surface area contributed by atoms with Gasteiger partial charge in [0.1, 0.15) is 0 Å². The molecule has 0 saturated carbocycles. The van der Waals surface area contributed by atoms with Gasteiger partial charge in [-0.1, -0.05) is 35.9 Å². The SMILES string of the molecule is Cc1ccc(SCC(=O)N(CCC#N)c2ccccc2)c(C)c1. The summed E-state index contributed by atoms with van der Waals surface area (Å²) in [5.41, 5.74) is 3.25. The number of anilines is 1. The minimum atomic E-state index is 0.0245. The van der Waals surface area contributed by atoms with Crippen molar-refractivity contribution in [3.05, 3.63) is 59.7 Å². The fraction of sp³-hybridized carbons (Fsp3) is 0.263. The maximum atomic E-state index is 12.6. The van der Waals surface area contributed by atoms with Gasteiger partial charge in [0.25, 0.3) is 0 Å². The van der Waals surface area contributed by atoms with Crippen LogP contribution in [0.4, 0.5) is 5.69 Å². The van der Waals surface area contributed by atoms with Crippen molar-refractivity contribution in [3.63, 3.8) is 0 Å². The minimum absolute atomic E-state index is 0.0245. The molecular formula is C19H20N2OS. The average Bonchev–Trinajstić information content (AvgIpc) is 2.55. The summed E-state index contributed by atoms with van der Waals surface area (Å²) < 4.78 is 0. The molecule has 2 aromatic carbocycles. The third-order valence-electron chi connectivity index (χ3n) is 3.50. The van der Waals surface area contributed by atoms with Crippen molar-refractivity contribution < 1.29 is 4.79 Å². The molecule has 2 rings (SSSR count). The quantitative estimate of drug-likeness (QED) is 0.742. The molecule has 1 amide bonds. The van der Waals surface area contributed by atoms with Crippen molar-refractivity contribution in [2.75, 3.05) is 17.2 Å². The molecule has 0 atom stereocenters. The summed E-state index contributed by atoms with van der Waals surface area (Å²) in [5, 5.41) is 8.82. The zero-order valence-corrected chi connectivity index (χ0v) is 14.3. The molecule has 0 N–H and O–H groups in total. The van der Waals surface area contributed by atoms with Crippen molar-refractivity contribution in [1.29, 1.82) is 5.26 Å². The van der Waals surface area contributed by atoms with Gasteiger partial charge < -0.3 is 4.90 Å². The Hall–Kier alpha value is -2.25. The monoisotopic (exact) mass is 324 g/mol. The van der Waals surface area contributed by atoms with Crippen molar-refractivity contribution >= 4 is 23.4 Å². The Morgan fingerprint density at radius 1 is 1.17 bits per heavy atom. The van der Waals surface area contributed by atoms with E-state index in [2.05, 4.69) is 38.1 Å². The summed E-state index contributed by atoms with van der Waals surface area (Å²) in [7, 11) is 0. The first-order valence-electron chi connectivity index (χ1n) is 7.54. The molecular weight excluding hydrogens is 304 g/mol. The van der Waals surface area contributed by atoms with Crippen LogP contribution in [0.1, 0.15) is 17.5 Å². The first kappa shape index (κ1) is 17.1. The van der Waals surface area contributed by atoms with E-state index in [-0.39, 0.29) is 5.91 Å². The van der Waals surface area contributed by atoms with Gasteiger partial charge in [0.15, 0.2) is 0 Å². The van der Waals surface area contributed by atoms with E-state index in [9.17, 15) is 4.79 Å². The third-order valence-corrected chi connectivity index (χ3v) is 4.66. The summed E-state index contributed by atoms with van der Waals surface area (Å²) in [6, 6.07) is 17.9. The number of nitrogens with zero attached hydrogens (tertiary/aromatic N) is 2. The molecule has 0 unspecified atom stereocenters. The maximum absolute atomic E-state index is 12.6. The summed E-state index contributed by atoms with van der Waals surface area (Å²) in [5.74, 6) is 0.390. The predicted octanol–water partition coefficient (Wildman–Crippen LogP) is 4.34. The molecule has 0 aliphatic rings. The maximum Gasteiger partial charge on any atom is 0.237 e. The fourth-order valence-electron chi connectivity index (χ4n) is 2.35. The number of benzene rings is 2. The number of amides is 1. The Morgan fingerprint density at radius 3 is 2.57 bits per heavy atom. The van der Waals surface area contributed by atoms with Gasteiger partial charge in [-0.15, -0.1) is 11.8 Å². The van der Waals surface area contributed by atoms with Crippen LogP contribution in [-0.2, 0) is 4.79 Å². The summed E-state index contributed by atoms with van der Waals surface area (Å²) >= 11 is 1.55. The van der Waals surface area contributed by atoms with Gasteiger partial charge in [-0.25, -0.2) is 0 Å². The van der Waals surface area contributed by atoms with Crippen LogP contribution in [0, 0.1) is 25.2 Å². The molecule has 0 aliphatic heterocycles. The zero-order valence-electron chi connectivity index (χ0n) is 13.5. The van der Waals surface area contributed by atoms with Gasteiger partial charge in [0.2, 0.25) is 5.91 Å². The highest BCUT2D eigenvalue weighted by Gasteiger charge is 2.15. The normalized spacial score (nSPS) is 10.1. The fourth-order valence-corrected chi connectivity index (χ4v) is 3.23. The lowest BCUT2D eigenvalue weighted by Gasteiger charge is -2.21. The Morgan fingerprint density at radius 2 is 1.91 bits per heavy atom. The van der Waals surface area contributed by atoms with Crippen molar-refractivity contribution in [3.8, 4) is 6.07 Å². The Bertz CT molecular complexity index is 707. The van der Waals surface area contributed by atoms with Gasteiger partial charge in [-0.3, -0.25) is 4.79 Å². The van der Waals surface area contributed by atoms with Crippen LogP contribution in [-0.4, -0.2) is 18.2 Å². The van der Waals surface area contributed by atoms with Gasteiger partial charge in [-0.2, -0.15) is 5.26 Å². The van der Waals surface area contributed by atoms with E-state index in [4.69, 9.17) is 5.26 Å². The number of rotatable bonds is 6. The molecule has 0 aliphatic carbocycles. The second-order valence-electron chi connectivity index (χ2n) is 5.35. The molecule has 0 radical (unpaired) electrons. The van der Waals surface area contributed by atoms with Crippen LogP contribution >= 0.6 is 11.8 Å². The molecule has 23 heavy (non-hydrogen) atoms. The summed E-state index contributed by atoms with van der Waals surface area (Å²) in [6.45, 7) is 4.54. The Labute approximate surface area is 141 Å².